The van der Waals surface area contributed by atoms with E-state index in [4.69, 9.17) is 4.74 Å². The van der Waals surface area contributed by atoms with E-state index in [-0.39, 0.29) is 29.6 Å². The maximum Gasteiger partial charge on any atom is 0.307 e. The van der Waals surface area contributed by atoms with Gasteiger partial charge in [0.15, 0.2) is 6.61 Å². The van der Waals surface area contributed by atoms with Crippen LogP contribution in [0.15, 0.2) is 35.2 Å². The normalized spacial score (nSPS) is 11.2. The number of hydrogen-bond donors (Lipinski definition) is 2. The summed E-state index contributed by atoms with van der Waals surface area (Å²) in [7, 11) is -3.83. The van der Waals surface area contributed by atoms with Crippen molar-refractivity contribution in [2.45, 2.75) is 45.6 Å². The molecule has 2 rings (SSSR count). The molecule has 0 spiro atoms. The highest BCUT2D eigenvalue weighted by Crippen LogP contribution is 2.16. The Morgan fingerprint density at radius 2 is 1.74 bits per heavy atom. The Kier molecular flexibility index (Phi) is 8.12. The number of amides is 1. The van der Waals surface area contributed by atoms with Crippen molar-refractivity contribution in [1.29, 1.82) is 0 Å². The van der Waals surface area contributed by atoms with E-state index in [2.05, 4.69) is 10.0 Å². The minimum Gasteiger partial charge on any atom is -0.457 e. The van der Waals surface area contributed by atoms with Crippen LogP contribution in [-0.2, 0) is 30.9 Å². The second-order valence-electron chi connectivity index (χ2n) is 6.97. The van der Waals surface area contributed by atoms with Gasteiger partial charge < -0.3 is 14.6 Å². The van der Waals surface area contributed by atoms with E-state index < -0.39 is 22.6 Å². The number of carbonyl (C=O) groups excluding carboxylic acids is 3. The molecule has 9 nitrogen and oxygen atoms in total. The second-order valence-corrected chi connectivity index (χ2v) is 8.73. The van der Waals surface area contributed by atoms with E-state index in [9.17, 15) is 22.8 Å². The number of Topliss-reactive ketones (excluding diaryl/α,β-unsaturated/α-hetero) is 1. The third kappa shape index (κ3) is 6.50. The molecule has 0 aliphatic rings. The molecule has 1 amide bonds. The number of ketones is 1. The Labute approximate surface area is 181 Å². The molecule has 1 aromatic heterocycles. The van der Waals surface area contributed by atoms with Crippen molar-refractivity contribution in [3.8, 4) is 0 Å². The van der Waals surface area contributed by atoms with Crippen molar-refractivity contribution >= 4 is 33.4 Å². The molecule has 0 saturated carbocycles. The molecule has 1 heterocycles. The number of hydrogen-bond acceptors (Lipinski definition) is 6. The summed E-state index contributed by atoms with van der Waals surface area (Å²) in [6, 6.07) is 7.38. The molecule has 0 fully saturated rings. The Hall–Kier alpha value is -2.98. The number of benzene rings is 1. The van der Waals surface area contributed by atoms with E-state index >= 15 is 0 Å². The first-order chi connectivity index (χ1) is 14.5. The fraction of sp³-hybridized carbons (Fsp3) is 0.381. The van der Waals surface area contributed by atoms with Gasteiger partial charge in [0.2, 0.25) is 21.7 Å². The lowest BCUT2D eigenvalue weighted by atomic mass is 10.1. The number of rotatable bonds is 10. The van der Waals surface area contributed by atoms with Crippen LogP contribution in [0, 0.1) is 13.8 Å². The number of ether oxygens (including phenoxy) is 1. The zero-order chi connectivity index (χ0) is 23.2. The number of anilines is 1. The van der Waals surface area contributed by atoms with Gasteiger partial charge in [-0.25, -0.2) is 13.1 Å². The topological polar surface area (TPSA) is 124 Å². The summed E-state index contributed by atoms with van der Waals surface area (Å²) >= 11 is 0. The highest BCUT2D eigenvalue weighted by atomic mass is 32.2. The van der Waals surface area contributed by atoms with E-state index in [1.165, 1.54) is 31.2 Å². The molecule has 31 heavy (non-hydrogen) atoms. The van der Waals surface area contributed by atoms with Gasteiger partial charge in [-0.15, -0.1) is 0 Å². The lowest BCUT2D eigenvalue weighted by molar-refractivity contribution is -0.142. The molecule has 0 aliphatic heterocycles. The van der Waals surface area contributed by atoms with Crippen LogP contribution in [0.1, 0.15) is 42.0 Å². The first-order valence-corrected chi connectivity index (χ1v) is 11.3. The summed E-state index contributed by atoms with van der Waals surface area (Å²) in [5.41, 5.74) is 2.75. The largest absolute Gasteiger partial charge is 0.457 e. The van der Waals surface area contributed by atoms with Gasteiger partial charge in [-0.1, -0.05) is 0 Å². The highest BCUT2D eigenvalue weighted by molar-refractivity contribution is 7.89. The summed E-state index contributed by atoms with van der Waals surface area (Å²) in [5, 5.41) is 2.54. The van der Waals surface area contributed by atoms with Crippen LogP contribution >= 0.6 is 0 Å². The monoisotopic (exact) mass is 449 g/mol. The molecule has 0 saturated heterocycles. The Morgan fingerprint density at radius 3 is 2.29 bits per heavy atom. The quantitative estimate of drug-likeness (QED) is 0.423. The number of esters is 1. The summed E-state index contributed by atoms with van der Waals surface area (Å²) in [4.78, 5) is 35.3. The first kappa shape index (κ1) is 24.3. The van der Waals surface area contributed by atoms with Crippen LogP contribution in [0.2, 0.25) is 0 Å². The van der Waals surface area contributed by atoms with Crippen molar-refractivity contribution in [3.63, 3.8) is 0 Å². The van der Waals surface area contributed by atoms with Gasteiger partial charge >= 0.3 is 5.97 Å². The number of sulfonamides is 1. The van der Waals surface area contributed by atoms with Crippen molar-refractivity contribution in [2.75, 3.05) is 18.5 Å². The SMILES string of the molecule is CCn1c(C)cc(C(=O)COC(=O)CCNS(=O)(=O)c2ccc(NC(C)=O)cc2)c1C. The van der Waals surface area contributed by atoms with Crippen molar-refractivity contribution < 1.29 is 27.5 Å². The van der Waals surface area contributed by atoms with Crippen molar-refractivity contribution in [1.82, 2.24) is 9.29 Å². The Balaban J connectivity index is 1.83. The maximum absolute atomic E-state index is 12.3. The second kappa shape index (κ2) is 10.4. The smallest absolute Gasteiger partial charge is 0.307 e. The maximum atomic E-state index is 12.3. The Bertz CT molecular complexity index is 1070. The van der Waals surface area contributed by atoms with Crippen LogP contribution in [0.4, 0.5) is 5.69 Å². The zero-order valence-electron chi connectivity index (χ0n) is 18.0. The highest BCUT2D eigenvalue weighted by Gasteiger charge is 2.18. The number of nitrogens with one attached hydrogen (secondary N) is 2. The first-order valence-electron chi connectivity index (χ1n) is 9.78. The molecule has 0 unspecified atom stereocenters. The van der Waals surface area contributed by atoms with E-state index in [1.807, 2.05) is 25.3 Å². The van der Waals surface area contributed by atoms with E-state index in [0.717, 1.165) is 17.9 Å². The number of carbonyl (C=O) groups is 3. The molecular formula is C21H27N3O6S. The predicted molar refractivity (Wildman–Crippen MR) is 115 cm³/mol. The molecule has 0 atom stereocenters. The standard InChI is InChI=1S/C21H27N3O6S/c1-5-24-14(2)12-19(15(24)3)20(26)13-30-21(27)10-11-22-31(28,29)18-8-6-17(7-9-18)23-16(4)25/h6-9,12,22H,5,10-11,13H2,1-4H3,(H,23,25). The van der Waals surface area contributed by atoms with Gasteiger partial charge in [0, 0.05) is 42.7 Å². The van der Waals surface area contributed by atoms with Gasteiger partial charge in [0.25, 0.3) is 0 Å². The molecule has 1 aromatic carbocycles. The number of aryl methyl sites for hydroxylation is 1. The summed E-state index contributed by atoms with van der Waals surface area (Å²) in [6.07, 6.45) is -0.218. The molecule has 10 heteroatoms. The third-order valence-electron chi connectivity index (χ3n) is 4.66. The fourth-order valence-corrected chi connectivity index (χ4v) is 4.19. The fourth-order valence-electron chi connectivity index (χ4n) is 3.16. The van der Waals surface area contributed by atoms with Gasteiger partial charge in [0.05, 0.1) is 11.3 Å². The number of aromatic nitrogens is 1. The van der Waals surface area contributed by atoms with Gasteiger partial charge in [-0.05, 0) is 51.1 Å². The van der Waals surface area contributed by atoms with Crippen molar-refractivity contribution in [3.05, 3.63) is 47.3 Å². The summed E-state index contributed by atoms with van der Waals surface area (Å²) in [6.45, 7) is 7.23. The van der Waals surface area contributed by atoms with Gasteiger partial charge in [-0.2, -0.15) is 0 Å². The zero-order valence-corrected chi connectivity index (χ0v) is 18.8. The molecule has 0 bridgehead atoms. The van der Waals surface area contributed by atoms with E-state index in [1.54, 1.807) is 6.07 Å². The molecule has 2 aromatic rings. The lowest BCUT2D eigenvalue weighted by Gasteiger charge is -2.08. The summed E-state index contributed by atoms with van der Waals surface area (Å²) in [5.74, 6) is -1.25. The average molecular weight is 450 g/mol. The van der Waals surface area contributed by atoms with Gasteiger partial charge in [0.1, 0.15) is 0 Å². The third-order valence-corrected chi connectivity index (χ3v) is 6.14. The van der Waals surface area contributed by atoms with Gasteiger partial charge in [-0.3, -0.25) is 14.4 Å². The molecule has 2 N–H and O–H groups in total. The lowest BCUT2D eigenvalue weighted by Crippen LogP contribution is -2.27. The Morgan fingerprint density at radius 1 is 1.10 bits per heavy atom. The van der Waals surface area contributed by atoms with Crippen LogP contribution < -0.4 is 10.0 Å². The van der Waals surface area contributed by atoms with E-state index in [0.29, 0.717) is 11.3 Å². The van der Waals surface area contributed by atoms with Crippen LogP contribution in [0.3, 0.4) is 0 Å². The average Bonchev–Trinajstić information content (AvgIpc) is 2.99. The van der Waals surface area contributed by atoms with Crippen LogP contribution in [0.25, 0.3) is 0 Å². The predicted octanol–water partition coefficient (Wildman–Crippen LogP) is 2.18. The van der Waals surface area contributed by atoms with Crippen LogP contribution in [0.5, 0.6) is 0 Å². The minimum absolute atomic E-state index is 0.00331. The molecule has 0 radical (unpaired) electrons. The molecular weight excluding hydrogens is 422 g/mol. The number of nitrogens with zero attached hydrogens (tertiary/aromatic N) is 1. The minimum atomic E-state index is -3.83. The van der Waals surface area contributed by atoms with Crippen LogP contribution in [-0.4, -0.2) is 43.8 Å². The molecule has 168 valence electrons. The van der Waals surface area contributed by atoms with Crippen molar-refractivity contribution in [2.24, 2.45) is 0 Å². The molecule has 0 aliphatic carbocycles. The summed E-state index contributed by atoms with van der Waals surface area (Å²) < 4.78 is 33.9.